The molecule has 0 atom stereocenters. The maximum atomic E-state index is 11.9. The molecule has 0 fully saturated rings. The first kappa shape index (κ1) is 18.9. The molecule has 0 bridgehead atoms. The van der Waals surface area contributed by atoms with Gasteiger partial charge in [0.1, 0.15) is 0 Å². The highest BCUT2D eigenvalue weighted by Gasteiger charge is 2.22. The Morgan fingerprint density at radius 2 is 1.88 bits per heavy atom. The summed E-state index contributed by atoms with van der Waals surface area (Å²) in [5.74, 6) is -0.0588. The summed E-state index contributed by atoms with van der Waals surface area (Å²) in [5.41, 5.74) is 3.00. The predicted molar refractivity (Wildman–Crippen MR) is 96.9 cm³/mol. The van der Waals surface area contributed by atoms with E-state index in [-0.39, 0.29) is 29.7 Å². The Balaban J connectivity index is 2.25. The van der Waals surface area contributed by atoms with Gasteiger partial charge in [0.15, 0.2) is 5.75 Å². The van der Waals surface area contributed by atoms with E-state index < -0.39 is 4.92 Å². The van der Waals surface area contributed by atoms with Gasteiger partial charge >= 0.3 is 5.69 Å². The van der Waals surface area contributed by atoms with Crippen molar-refractivity contribution in [2.45, 2.75) is 13.8 Å². The van der Waals surface area contributed by atoms with Gasteiger partial charge in [-0.1, -0.05) is 18.2 Å². The molecule has 0 aromatic heterocycles. The van der Waals surface area contributed by atoms with Crippen molar-refractivity contribution in [2.24, 2.45) is 5.10 Å². The first-order chi connectivity index (χ1) is 12.6. The Morgan fingerprint density at radius 3 is 2.50 bits per heavy atom. The number of nitro groups is 1. The van der Waals surface area contributed by atoms with Crippen molar-refractivity contribution >= 4 is 17.8 Å². The minimum absolute atomic E-state index is 0.0739. The lowest BCUT2D eigenvalue weighted by Gasteiger charge is -2.11. The molecule has 26 heavy (non-hydrogen) atoms. The van der Waals surface area contributed by atoms with E-state index in [9.17, 15) is 14.9 Å². The van der Waals surface area contributed by atoms with Gasteiger partial charge in [0.2, 0.25) is 5.75 Å². The number of hydrazone groups is 1. The van der Waals surface area contributed by atoms with Gasteiger partial charge in [0.25, 0.3) is 5.91 Å². The van der Waals surface area contributed by atoms with Crippen molar-refractivity contribution in [3.63, 3.8) is 0 Å². The Kier molecular flexibility index (Phi) is 6.67. The molecule has 0 aliphatic carbocycles. The Bertz CT molecular complexity index is 806. The fraction of sp³-hybridized carbons (Fsp3) is 0.222. The molecule has 0 radical (unpaired) electrons. The zero-order chi connectivity index (χ0) is 18.9. The molecule has 8 nitrogen and oxygen atoms in total. The normalized spacial score (nSPS) is 10.5. The number of hydrogen-bond donors (Lipinski definition) is 1. The molecule has 2 aromatic rings. The molecular formula is C18H19N3O5. The third-order valence-corrected chi connectivity index (χ3v) is 3.26. The van der Waals surface area contributed by atoms with E-state index in [0.29, 0.717) is 17.7 Å². The van der Waals surface area contributed by atoms with Crippen molar-refractivity contribution in [1.82, 2.24) is 5.43 Å². The van der Waals surface area contributed by atoms with Crippen LogP contribution in [0.5, 0.6) is 11.5 Å². The standard InChI is InChI=1S/C18H19N3O5/c1-3-25-16-11-13(10-15(21(23)24)17(16)26-4-2)12-19-20-18(22)14-8-6-5-7-9-14/h5-12H,3-4H2,1-2H3,(H,20,22)/b19-12+. The van der Waals surface area contributed by atoms with E-state index in [2.05, 4.69) is 10.5 Å². The Hall–Kier alpha value is -3.42. The quantitative estimate of drug-likeness (QED) is 0.444. The van der Waals surface area contributed by atoms with Crippen LogP contribution in [0.25, 0.3) is 0 Å². The second-order valence-electron chi connectivity index (χ2n) is 5.06. The SMILES string of the molecule is CCOc1cc(/C=N/NC(=O)c2ccccc2)cc([N+](=O)[O-])c1OCC. The molecule has 0 spiro atoms. The van der Waals surface area contributed by atoms with E-state index >= 15 is 0 Å². The average molecular weight is 357 g/mol. The molecule has 0 aliphatic heterocycles. The number of ether oxygens (including phenoxy) is 2. The molecule has 8 heteroatoms. The van der Waals surface area contributed by atoms with Gasteiger partial charge in [-0.25, -0.2) is 5.43 Å². The van der Waals surface area contributed by atoms with Crippen LogP contribution in [0.4, 0.5) is 5.69 Å². The number of carbonyl (C=O) groups is 1. The molecule has 1 N–H and O–H groups in total. The zero-order valence-electron chi connectivity index (χ0n) is 14.5. The molecule has 0 heterocycles. The summed E-state index contributed by atoms with van der Waals surface area (Å²) in [6.07, 6.45) is 1.31. The zero-order valence-corrected chi connectivity index (χ0v) is 14.5. The summed E-state index contributed by atoms with van der Waals surface area (Å²) in [7, 11) is 0. The van der Waals surface area contributed by atoms with Crippen LogP contribution in [0.1, 0.15) is 29.8 Å². The topological polar surface area (TPSA) is 103 Å². The predicted octanol–water partition coefficient (Wildman–Crippen LogP) is 3.16. The van der Waals surface area contributed by atoms with Crippen LogP contribution < -0.4 is 14.9 Å². The number of rotatable bonds is 8. The van der Waals surface area contributed by atoms with E-state index in [4.69, 9.17) is 9.47 Å². The number of carbonyl (C=O) groups excluding carboxylic acids is 1. The number of nitrogens with zero attached hydrogens (tertiary/aromatic N) is 2. The average Bonchev–Trinajstić information content (AvgIpc) is 2.64. The second-order valence-corrected chi connectivity index (χ2v) is 5.06. The third-order valence-electron chi connectivity index (χ3n) is 3.26. The second kappa shape index (κ2) is 9.16. The van der Waals surface area contributed by atoms with Crippen LogP contribution in [0.2, 0.25) is 0 Å². The van der Waals surface area contributed by atoms with Crippen LogP contribution in [0, 0.1) is 10.1 Å². The first-order valence-electron chi connectivity index (χ1n) is 8.03. The van der Waals surface area contributed by atoms with Crippen LogP contribution in [0.15, 0.2) is 47.6 Å². The highest BCUT2D eigenvalue weighted by atomic mass is 16.6. The summed E-state index contributed by atoms with van der Waals surface area (Å²) in [6.45, 7) is 4.08. The summed E-state index contributed by atoms with van der Waals surface area (Å²) >= 11 is 0. The molecule has 2 rings (SSSR count). The van der Waals surface area contributed by atoms with Crippen molar-refractivity contribution in [1.29, 1.82) is 0 Å². The maximum Gasteiger partial charge on any atom is 0.315 e. The molecular weight excluding hydrogens is 338 g/mol. The molecule has 2 aromatic carbocycles. The number of benzene rings is 2. The number of nitrogens with one attached hydrogen (secondary N) is 1. The molecule has 0 saturated heterocycles. The van der Waals surface area contributed by atoms with E-state index in [0.717, 1.165) is 0 Å². The summed E-state index contributed by atoms with van der Waals surface area (Å²) in [5, 5.41) is 15.2. The lowest BCUT2D eigenvalue weighted by Crippen LogP contribution is -2.17. The van der Waals surface area contributed by atoms with Gasteiger partial charge in [-0.15, -0.1) is 0 Å². The van der Waals surface area contributed by atoms with Crippen molar-refractivity contribution < 1.29 is 19.2 Å². The third kappa shape index (κ3) is 4.79. The Labute approximate surface area is 150 Å². The van der Waals surface area contributed by atoms with Gasteiger partial charge in [0, 0.05) is 17.2 Å². The van der Waals surface area contributed by atoms with Crippen LogP contribution in [0.3, 0.4) is 0 Å². The minimum atomic E-state index is -0.548. The lowest BCUT2D eigenvalue weighted by molar-refractivity contribution is -0.385. The molecule has 0 unspecified atom stereocenters. The summed E-state index contributed by atoms with van der Waals surface area (Å²) in [4.78, 5) is 22.7. The van der Waals surface area contributed by atoms with Crippen molar-refractivity contribution in [2.75, 3.05) is 13.2 Å². The minimum Gasteiger partial charge on any atom is -0.490 e. The van der Waals surface area contributed by atoms with Gasteiger partial charge < -0.3 is 9.47 Å². The van der Waals surface area contributed by atoms with Gasteiger partial charge in [-0.2, -0.15) is 5.10 Å². The van der Waals surface area contributed by atoms with E-state index in [1.165, 1.54) is 12.3 Å². The molecule has 1 amide bonds. The summed E-state index contributed by atoms with van der Waals surface area (Å²) < 4.78 is 10.8. The van der Waals surface area contributed by atoms with Crippen LogP contribution >= 0.6 is 0 Å². The first-order valence-corrected chi connectivity index (χ1v) is 8.03. The van der Waals surface area contributed by atoms with E-state index in [1.54, 1.807) is 50.2 Å². The molecule has 0 aliphatic rings. The summed E-state index contributed by atoms with van der Waals surface area (Å²) in [6, 6.07) is 11.5. The van der Waals surface area contributed by atoms with E-state index in [1.807, 2.05) is 0 Å². The largest absolute Gasteiger partial charge is 0.490 e. The molecule has 136 valence electrons. The fourth-order valence-corrected chi connectivity index (χ4v) is 2.19. The maximum absolute atomic E-state index is 11.9. The fourth-order valence-electron chi connectivity index (χ4n) is 2.19. The number of hydrogen-bond acceptors (Lipinski definition) is 6. The van der Waals surface area contributed by atoms with Crippen LogP contribution in [-0.2, 0) is 0 Å². The Morgan fingerprint density at radius 1 is 1.19 bits per heavy atom. The van der Waals surface area contributed by atoms with Crippen molar-refractivity contribution in [3.05, 3.63) is 63.7 Å². The van der Waals surface area contributed by atoms with Gasteiger partial charge in [-0.3, -0.25) is 14.9 Å². The lowest BCUT2D eigenvalue weighted by atomic mass is 10.2. The number of amides is 1. The van der Waals surface area contributed by atoms with Crippen LogP contribution in [-0.4, -0.2) is 30.3 Å². The molecule has 0 saturated carbocycles. The van der Waals surface area contributed by atoms with Crippen molar-refractivity contribution in [3.8, 4) is 11.5 Å². The smallest absolute Gasteiger partial charge is 0.315 e. The number of nitro benzene ring substituents is 1. The monoisotopic (exact) mass is 357 g/mol. The van der Waals surface area contributed by atoms with Gasteiger partial charge in [-0.05, 0) is 32.0 Å². The highest BCUT2D eigenvalue weighted by molar-refractivity contribution is 5.95. The van der Waals surface area contributed by atoms with Gasteiger partial charge in [0.05, 0.1) is 24.4 Å². The highest BCUT2D eigenvalue weighted by Crippen LogP contribution is 2.38.